The van der Waals surface area contributed by atoms with Gasteiger partial charge in [-0.2, -0.15) is 0 Å². The predicted octanol–water partition coefficient (Wildman–Crippen LogP) is 2.80. The van der Waals surface area contributed by atoms with Crippen molar-refractivity contribution in [2.45, 2.75) is 44.2 Å². The van der Waals surface area contributed by atoms with Crippen LogP contribution < -0.4 is 5.32 Å². The lowest BCUT2D eigenvalue weighted by Crippen LogP contribution is -2.25. The minimum absolute atomic E-state index is 0.167. The average Bonchev–Trinajstić information content (AvgIpc) is 2.98. The Bertz CT molecular complexity index is 609. The molecule has 1 aromatic carbocycles. The number of hydrogen-bond acceptors (Lipinski definition) is 2. The molecule has 1 aromatic heterocycles. The van der Waals surface area contributed by atoms with E-state index in [4.69, 9.17) is 4.98 Å². The van der Waals surface area contributed by atoms with Gasteiger partial charge in [-0.05, 0) is 50.4 Å². The highest BCUT2D eigenvalue weighted by molar-refractivity contribution is 5.76. The zero-order chi connectivity index (χ0) is 12.8. The van der Waals surface area contributed by atoms with Gasteiger partial charge in [0.15, 0.2) is 0 Å². The number of hydrogen-bond donors (Lipinski definition) is 1. The first-order chi connectivity index (χ1) is 9.31. The number of nitrogens with one attached hydrogen (secondary N) is 1. The van der Waals surface area contributed by atoms with Crippen LogP contribution in [0.15, 0.2) is 18.2 Å². The number of nitrogens with zero attached hydrogens (tertiary/aromatic N) is 2. The summed E-state index contributed by atoms with van der Waals surface area (Å²) < 4.78 is 15.7. The summed E-state index contributed by atoms with van der Waals surface area (Å²) >= 11 is 0. The molecular formula is C15H18FN3. The maximum Gasteiger partial charge on any atom is 0.125 e. The van der Waals surface area contributed by atoms with Crippen LogP contribution in [0.2, 0.25) is 0 Å². The van der Waals surface area contributed by atoms with Crippen molar-refractivity contribution in [2.24, 2.45) is 0 Å². The quantitative estimate of drug-likeness (QED) is 0.918. The molecule has 0 amide bonds. The third-order valence-corrected chi connectivity index (χ3v) is 4.23. The first kappa shape index (κ1) is 11.4. The normalized spacial score (nSPS) is 23.3. The Morgan fingerprint density at radius 3 is 2.95 bits per heavy atom. The summed E-state index contributed by atoms with van der Waals surface area (Å²) in [5.74, 6) is 0.961. The largest absolute Gasteiger partial charge is 0.325 e. The standard InChI is InChI=1S/C15H18FN3/c16-10-3-6-13-14(8-10)19(12-4-5-12)15(18-13)9-11-2-1-7-17-11/h3,6,8,11-12,17H,1-2,4-5,7,9H2. The van der Waals surface area contributed by atoms with Gasteiger partial charge in [0, 0.05) is 18.5 Å². The lowest BCUT2D eigenvalue weighted by molar-refractivity contribution is 0.562. The van der Waals surface area contributed by atoms with Crippen LogP contribution >= 0.6 is 0 Å². The topological polar surface area (TPSA) is 29.9 Å². The third-order valence-electron chi connectivity index (χ3n) is 4.23. The number of rotatable bonds is 3. The van der Waals surface area contributed by atoms with Crippen molar-refractivity contribution < 1.29 is 4.39 Å². The Labute approximate surface area is 111 Å². The molecule has 0 radical (unpaired) electrons. The number of aromatic nitrogens is 2. The summed E-state index contributed by atoms with van der Waals surface area (Å²) in [6.45, 7) is 1.11. The monoisotopic (exact) mass is 259 g/mol. The number of imidazole rings is 1. The molecule has 2 heterocycles. The molecule has 1 saturated heterocycles. The molecule has 1 aliphatic heterocycles. The smallest absolute Gasteiger partial charge is 0.125 e. The fourth-order valence-corrected chi connectivity index (χ4v) is 3.15. The molecule has 1 unspecified atom stereocenters. The van der Waals surface area contributed by atoms with E-state index < -0.39 is 0 Å². The van der Waals surface area contributed by atoms with Crippen LogP contribution in [0.3, 0.4) is 0 Å². The molecular weight excluding hydrogens is 241 g/mol. The van der Waals surface area contributed by atoms with Crippen LogP contribution in [-0.2, 0) is 6.42 Å². The van der Waals surface area contributed by atoms with Crippen molar-refractivity contribution in [2.75, 3.05) is 6.54 Å². The van der Waals surface area contributed by atoms with Crippen molar-refractivity contribution in [3.63, 3.8) is 0 Å². The molecule has 4 rings (SSSR count). The number of halogens is 1. The van der Waals surface area contributed by atoms with Crippen LogP contribution in [0.4, 0.5) is 4.39 Å². The summed E-state index contributed by atoms with van der Waals surface area (Å²) in [5, 5.41) is 3.52. The fourth-order valence-electron chi connectivity index (χ4n) is 3.15. The van der Waals surface area contributed by atoms with E-state index in [1.807, 2.05) is 0 Å². The SMILES string of the molecule is Fc1ccc2nc(CC3CCCN3)n(C3CC3)c2c1. The highest BCUT2D eigenvalue weighted by atomic mass is 19.1. The molecule has 0 bridgehead atoms. The molecule has 1 N–H and O–H groups in total. The first-order valence-electron chi connectivity index (χ1n) is 7.21. The number of benzene rings is 1. The lowest BCUT2D eigenvalue weighted by atomic mass is 10.1. The fraction of sp³-hybridized carbons (Fsp3) is 0.533. The van der Waals surface area contributed by atoms with Crippen LogP contribution in [0.1, 0.15) is 37.5 Å². The summed E-state index contributed by atoms with van der Waals surface area (Å²) in [7, 11) is 0. The van der Waals surface area contributed by atoms with Gasteiger partial charge < -0.3 is 9.88 Å². The van der Waals surface area contributed by atoms with E-state index in [0.717, 1.165) is 29.8 Å². The van der Waals surface area contributed by atoms with Crippen LogP contribution in [-0.4, -0.2) is 22.1 Å². The molecule has 2 aliphatic rings. The van der Waals surface area contributed by atoms with Gasteiger partial charge in [0.05, 0.1) is 11.0 Å². The zero-order valence-electron chi connectivity index (χ0n) is 10.9. The second-order valence-corrected chi connectivity index (χ2v) is 5.76. The maximum absolute atomic E-state index is 13.5. The highest BCUT2D eigenvalue weighted by Gasteiger charge is 2.29. The number of fused-ring (bicyclic) bond motifs is 1. The molecule has 2 fully saturated rings. The second-order valence-electron chi connectivity index (χ2n) is 5.76. The average molecular weight is 259 g/mol. The molecule has 2 aromatic rings. The third kappa shape index (κ3) is 2.04. The van der Waals surface area contributed by atoms with E-state index in [0.29, 0.717) is 12.1 Å². The summed E-state index contributed by atoms with van der Waals surface area (Å²) in [6.07, 6.45) is 5.85. The Hall–Kier alpha value is -1.42. The van der Waals surface area contributed by atoms with E-state index >= 15 is 0 Å². The van der Waals surface area contributed by atoms with Gasteiger partial charge in [0.1, 0.15) is 11.6 Å². The molecule has 4 heteroatoms. The van der Waals surface area contributed by atoms with Crippen LogP contribution in [0, 0.1) is 5.82 Å². The molecule has 100 valence electrons. The van der Waals surface area contributed by atoms with E-state index in [9.17, 15) is 4.39 Å². The van der Waals surface area contributed by atoms with Gasteiger partial charge in [-0.3, -0.25) is 0 Å². The van der Waals surface area contributed by atoms with Crippen molar-refractivity contribution in [1.82, 2.24) is 14.9 Å². The van der Waals surface area contributed by atoms with Crippen LogP contribution in [0.25, 0.3) is 11.0 Å². The van der Waals surface area contributed by atoms with Crippen molar-refractivity contribution in [3.05, 3.63) is 29.8 Å². The maximum atomic E-state index is 13.5. The van der Waals surface area contributed by atoms with E-state index in [1.54, 1.807) is 12.1 Å². The van der Waals surface area contributed by atoms with Gasteiger partial charge in [0.25, 0.3) is 0 Å². The van der Waals surface area contributed by atoms with Gasteiger partial charge >= 0.3 is 0 Å². The van der Waals surface area contributed by atoms with Crippen LogP contribution in [0.5, 0.6) is 0 Å². The summed E-state index contributed by atoms with van der Waals surface area (Å²) in [6, 6.07) is 6.02. The first-order valence-corrected chi connectivity index (χ1v) is 7.21. The van der Waals surface area contributed by atoms with Gasteiger partial charge in [-0.15, -0.1) is 0 Å². The molecule has 1 saturated carbocycles. The highest BCUT2D eigenvalue weighted by Crippen LogP contribution is 2.39. The van der Waals surface area contributed by atoms with E-state index in [-0.39, 0.29) is 5.82 Å². The van der Waals surface area contributed by atoms with E-state index in [2.05, 4.69) is 9.88 Å². The zero-order valence-corrected chi connectivity index (χ0v) is 10.9. The van der Waals surface area contributed by atoms with Gasteiger partial charge in [-0.1, -0.05) is 0 Å². The second kappa shape index (κ2) is 4.30. The molecule has 19 heavy (non-hydrogen) atoms. The molecule has 1 aliphatic carbocycles. The molecule has 0 spiro atoms. The summed E-state index contributed by atoms with van der Waals surface area (Å²) in [5.41, 5.74) is 1.90. The van der Waals surface area contributed by atoms with Crippen molar-refractivity contribution in [3.8, 4) is 0 Å². The Kier molecular flexibility index (Phi) is 2.58. The summed E-state index contributed by atoms with van der Waals surface area (Å²) in [4.78, 5) is 4.73. The minimum atomic E-state index is -0.167. The Balaban J connectivity index is 1.77. The molecule has 3 nitrogen and oxygen atoms in total. The minimum Gasteiger partial charge on any atom is -0.325 e. The Morgan fingerprint density at radius 2 is 2.21 bits per heavy atom. The van der Waals surface area contributed by atoms with Crippen molar-refractivity contribution in [1.29, 1.82) is 0 Å². The van der Waals surface area contributed by atoms with Crippen molar-refractivity contribution >= 4 is 11.0 Å². The van der Waals surface area contributed by atoms with Gasteiger partial charge in [-0.25, -0.2) is 9.37 Å². The predicted molar refractivity (Wildman–Crippen MR) is 72.7 cm³/mol. The molecule has 1 atom stereocenters. The lowest BCUT2D eigenvalue weighted by Gasteiger charge is -2.12. The van der Waals surface area contributed by atoms with E-state index in [1.165, 1.54) is 31.7 Å². The van der Waals surface area contributed by atoms with Gasteiger partial charge in [0.2, 0.25) is 0 Å². The Morgan fingerprint density at radius 1 is 1.32 bits per heavy atom.